The van der Waals surface area contributed by atoms with E-state index in [2.05, 4.69) is 29.2 Å². The van der Waals surface area contributed by atoms with Gasteiger partial charge in [0.15, 0.2) is 0 Å². The number of fused-ring (bicyclic) bond motifs is 2. The van der Waals surface area contributed by atoms with Crippen molar-refractivity contribution < 1.29 is 4.79 Å². The van der Waals surface area contributed by atoms with Gasteiger partial charge in [0.2, 0.25) is 5.91 Å². The number of rotatable bonds is 2. The Kier molecular flexibility index (Phi) is 1.38. The van der Waals surface area contributed by atoms with Crippen molar-refractivity contribution in [2.75, 3.05) is 0 Å². The Bertz CT molecular complexity index is 459. The lowest BCUT2D eigenvalue weighted by Crippen LogP contribution is -2.42. The minimum absolute atomic E-state index is 0.0920. The summed E-state index contributed by atoms with van der Waals surface area (Å²) in [5, 5.41) is 0. The van der Waals surface area contributed by atoms with Crippen molar-refractivity contribution in [1.29, 1.82) is 0 Å². The van der Waals surface area contributed by atoms with E-state index in [9.17, 15) is 4.79 Å². The zero-order chi connectivity index (χ0) is 10.8. The van der Waals surface area contributed by atoms with Gasteiger partial charge >= 0.3 is 0 Å². The molecule has 2 heterocycles. The van der Waals surface area contributed by atoms with Crippen LogP contribution in [-0.4, -0.2) is 16.3 Å². The van der Waals surface area contributed by atoms with Gasteiger partial charge in [0, 0.05) is 12.1 Å². The molecule has 0 unspecified atom stereocenters. The molecular formula is C14H15NO. The van der Waals surface area contributed by atoms with E-state index in [4.69, 9.17) is 0 Å². The second kappa shape index (κ2) is 2.50. The molecule has 2 aliphatic heterocycles. The lowest BCUT2D eigenvalue weighted by Gasteiger charge is -2.37. The third-order valence-electron chi connectivity index (χ3n) is 4.86. The van der Waals surface area contributed by atoms with Gasteiger partial charge in [0.05, 0.1) is 5.41 Å². The van der Waals surface area contributed by atoms with E-state index in [1.807, 2.05) is 6.07 Å². The highest BCUT2D eigenvalue weighted by Gasteiger charge is 2.75. The number of amides is 1. The molecule has 0 aromatic heterocycles. The molecular weight excluding hydrogens is 198 g/mol. The van der Waals surface area contributed by atoms with Crippen LogP contribution in [0.1, 0.15) is 31.2 Å². The van der Waals surface area contributed by atoms with E-state index in [0.29, 0.717) is 5.91 Å². The van der Waals surface area contributed by atoms with Crippen LogP contribution in [0.3, 0.4) is 0 Å². The van der Waals surface area contributed by atoms with Crippen molar-refractivity contribution in [3.63, 3.8) is 0 Å². The standard InChI is InChI=1S/C14H15NO/c16-12-13-6-7-14(9-13,10-13)15(12)8-11-4-2-1-3-5-11/h1-5H,6-10H2. The highest BCUT2D eigenvalue weighted by atomic mass is 16.2. The molecule has 16 heavy (non-hydrogen) atoms. The van der Waals surface area contributed by atoms with E-state index in [-0.39, 0.29) is 11.0 Å². The van der Waals surface area contributed by atoms with Crippen LogP contribution in [0.15, 0.2) is 30.3 Å². The SMILES string of the molecule is O=C1N(Cc2ccccc2)C23CCC1(C2)C3. The first-order valence-corrected chi connectivity index (χ1v) is 6.10. The van der Waals surface area contributed by atoms with Crippen molar-refractivity contribution in [3.05, 3.63) is 35.9 Å². The first kappa shape index (κ1) is 8.80. The zero-order valence-corrected chi connectivity index (χ0v) is 9.28. The van der Waals surface area contributed by atoms with Gasteiger partial charge < -0.3 is 4.90 Å². The van der Waals surface area contributed by atoms with E-state index in [1.165, 1.54) is 12.0 Å². The smallest absolute Gasteiger partial charge is 0.229 e. The van der Waals surface area contributed by atoms with Crippen LogP contribution in [0.4, 0.5) is 0 Å². The summed E-state index contributed by atoms with van der Waals surface area (Å²) in [7, 11) is 0. The summed E-state index contributed by atoms with van der Waals surface area (Å²) >= 11 is 0. The van der Waals surface area contributed by atoms with E-state index >= 15 is 0 Å². The number of piperidine rings is 1. The van der Waals surface area contributed by atoms with Crippen LogP contribution >= 0.6 is 0 Å². The van der Waals surface area contributed by atoms with Gasteiger partial charge in [0.25, 0.3) is 0 Å². The molecule has 3 saturated carbocycles. The number of hydrogen-bond donors (Lipinski definition) is 0. The Morgan fingerprint density at radius 1 is 1.12 bits per heavy atom. The average Bonchev–Trinajstić information content (AvgIpc) is 2.92. The van der Waals surface area contributed by atoms with Gasteiger partial charge in [-0.2, -0.15) is 0 Å². The summed E-state index contributed by atoms with van der Waals surface area (Å²) in [5.41, 5.74) is 1.63. The number of benzene rings is 1. The van der Waals surface area contributed by atoms with E-state index in [1.54, 1.807) is 0 Å². The van der Waals surface area contributed by atoms with Crippen molar-refractivity contribution in [2.24, 2.45) is 5.41 Å². The maximum Gasteiger partial charge on any atom is 0.229 e. The summed E-state index contributed by atoms with van der Waals surface area (Å²) in [6.07, 6.45) is 4.68. The molecule has 2 bridgehead atoms. The first-order valence-electron chi connectivity index (χ1n) is 6.10. The minimum Gasteiger partial charge on any atom is -0.332 e. The topological polar surface area (TPSA) is 20.3 Å². The molecule has 1 aromatic rings. The summed E-state index contributed by atoms with van der Waals surface area (Å²) < 4.78 is 0. The molecule has 0 radical (unpaired) electrons. The van der Waals surface area contributed by atoms with E-state index in [0.717, 1.165) is 25.8 Å². The van der Waals surface area contributed by atoms with Gasteiger partial charge in [0.1, 0.15) is 0 Å². The van der Waals surface area contributed by atoms with E-state index < -0.39 is 0 Å². The highest BCUT2D eigenvalue weighted by molar-refractivity contribution is 5.91. The number of hydrogen-bond acceptors (Lipinski definition) is 1. The predicted octanol–water partition coefficient (Wildman–Crippen LogP) is 2.34. The second-order valence-corrected chi connectivity index (χ2v) is 5.74. The minimum atomic E-state index is 0.0920. The highest BCUT2D eigenvalue weighted by Crippen LogP contribution is 2.71. The second-order valence-electron chi connectivity index (χ2n) is 5.74. The zero-order valence-electron chi connectivity index (χ0n) is 9.28. The Hall–Kier alpha value is -1.31. The van der Waals surface area contributed by atoms with Gasteiger partial charge in [-0.05, 0) is 31.2 Å². The molecule has 2 nitrogen and oxygen atoms in total. The van der Waals surface area contributed by atoms with Crippen molar-refractivity contribution in [1.82, 2.24) is 4.90 Å². The Morgan fingerprint density at radius 2 is 1.88 bits per heavy atom. The average molecular weight is 213 g/mol. The summed E-state index contributed by atoms with van der Waals surface area (Å²) in [6, 6.07) is 10.4. The van der Waals surface area contributed by atoms with Crippen LogP contribution in [0.2, 0.25) is 0 Å². The lowest BCUT2D eigenvalue weighted by molar-refractivity contribution is -0.135. The largest absolute Gasteiger partial charge is 0.332 e. The Balaban J connectivity index is 1.65. The Labute approximate surface area is 95.3 Å². The summed E-state index contributed by atoms with van der Waals surface area (Å²) in [6.45, 7) is 0.821. The fourth-order valence-corrected chi connectivity index (χ4v) is 4.12. The number of carbonyl (C=O) groups is 1. The molecule has 2 saturated heterocycles. The molecule has 5 aliphatic rings. The number of nitrogens with zero attached hydrogens (tertiary/aromatic N) is 1. The van der Waals surface area contributed by atoms with Gasteiger partial charge in [-0.25, -0.2) is 0 Å². The monoisotopic (exact) mass is 213 g/mol. The Morgan fingerprint density at radius 3 is 2.50 bits per heavy atom. The number of carbonyl (C=O) groups excluding carboxylic acids is 1. The molecule has 0 N–H and O–H groups in total. The van der Waals surface area contributed by atoms with Gasteiger partial charge in [-0.3, -0.25) is 4.79 Å². The quantitative estimate of drug-likeness (QED) is 0.738. The van der Waals surface area contributed by atoms with Gasteiger partial charge in [-0.1, -0.05) is 30.3 Å². The van der Waals surface area contributed by atoms with Crippen molar-refractivity contribution in [3.8, 4) is 0 Å². The molecule has 6 rings (SSSR count). The fraction of sp³-hybridized carbons (Fsp3) is 0.500. The normalized spacial score (nSPS) is 39.0. The third kappa shape index (κ3) is 0.831. The molecule has 3 aliphatic carbocycles. The van der Waals surface area contributed by atoms with Crippen molar-refractivity contribution in [2.45, 2.75) is 37.8 Å². The van der Waals surface area contributed by atoms with Crippen LogP contribution in [0, 0.1) is 5.41 Å². The lowest BCUT2D eigenvalue weighted by atomic mass is 9.70. The summed E-state index contributed by atoms with van der Waals surface area (Å²) in [4.78, 5) is 14.4. The first-order chi connectivity index (χ1) is 7.74. The fourth-order valence-electron chi connectivity index (χ4n) is 4.12. The maximum atomic E-state index is 12.3. The molecule has 1 amide bonds. The van der Waals surface area contributed by atoms with Gasteiger partial charge in [-0.15, -0.1) is 0 Å². The third-order valence-corrected chi connectivity index (χ3v) is 4.86. The maximum absolute atomic E-state index is 12.3. The summed E-state index contributed by atoms with van der Waals surface area (Å²) in [5.74, 6) is 0.433. The van der Waals surface area contributed by atoms with Crippen LogP contribution in [-0.2, 0) is 11.3 Å². The van der Waals surface area contributed by atoms with Crippen LogP contribution in [0.25, 0.3) is 0 Å². The molecule has 2 heteroatoms. The molecule has 82 valence electrons. The molecule has 0 spiro atoms. The predicted molar refractivity (Wildman–Crippen MR) is 60.6 cm³/mol. The molecule has 1 aromatic carbocycles. The van der Waals surface area contributed by atoms with Crippen LogP contribution < -0.4 is 0 Å². The molecule has 0 atom stereocenters. The van der Waals surface area contributed by atoms with Crippen molar-refractivity contribution >= 4 is 5.91 Å². The van der Waals surface area contributed by atoms with Crippen LogP contribution in [0.5, 0.6) is 0 Å². The molecule has 5 fully saturated rings.